The van der Waals surface area contributed by atoms with Crippen LogP contribution in [0.2, 0.25) is 0 Å². The van der Waals surface area contributed by atoms with Crippen LogP contribution in [0.25, 0.3) is 10.9 Å². The molecular weight excluding hydrogens is 471 g/mol. The number of sulfone groups is 1. The second-order valence-electron chi connectivity index (χ2n) is 8.83. The van der Waals surface area contributed by atoms with Crippen LogP contribution in [0, 0.1) is 11.7 Å². The molecule has 0 spiro atoms. The average molecular weight is 495 g/mol. The predicted molar refractivity (Wildman–Crippen MR) is 129 cm³/mol. The van der Waals surface area contributed by atoms with Crippen molar-refractivity contribution >= 4 is 43.9 Å². The van der Waals surface area contributed by atoms with E-state index in [1.165, 1.54) is 0 Å². The quantitative estimate of drug-likeness (QED) is 0.417. The summed E-state index contributed by atoms with van der Waals surface area (Å²) in [5.74, 6) is 0.0552. The zero-order valence-electron chi connectivity index (χ0n) is 18.7. The van der Waals surface area contributed by atoms with Gasteiger partial charge < -0.3 is 15.0 Å². The number of hydrogen-bond donors (Lipinski definition) is 2. The molecule has 35 heavy (non-hydrogen) atoms. The highest BCUT2D eigenvalue weighted by atomic mass is 32.2. The summed E-state index contributed by atoms with van der Waals surface area (Å²) in [6, 6.07) is 10.9. The monoisotopic (exact) mass is 494 g/mol. The molecule has 0 aliphatic carbocycles. The molecule has 0 bridgehead atoms. The van der Waals surface area contributed by atoms with Gasteiger partial charge in [-0.1, -0.05) is 12.1 Å². The standard InChI is InChI=1S/C24H23FN6O3S/c25-19-12-26-24(28-17-5-4-16-7-9-35(32,33)22(16)10-17)29-23(19)31(13-15-6-8-34-14-15)21-3-1-2-20-18(21)11-27-30-20/h1-5,10-12,15H,6-9,13-14H2,(H,27,30)(H,26,28,29). The van der Waals surface area contributed by atoms with E-state index in [2.05, 4.69) is 25.5 Å². The minimum Gasteiger partial charge on any atom is -0.381 e. The third-order valence-electron chi connectivity index (χ3n) is 6.50. The molecule has 4 aromatic rings. The van der Waals surface area contributed by atoms with Crippen molar-refractivity contribution in [1.29, 1.82) is 0 Å². The van der Waals surface area contributed by atoms with E-state index in [0.717, 1.165) is 34.8 Å². The summed E-state index contributed by atoms with van der Waals surface area (Å²) < 4.78 is 45.4. The second-order valence-corrected chi connectivity index (χ2v) is 10.9. The van der Waals surface area contributed by atoms with Gasteiger partial charge in [0.25, 0.3) is 0 Å². The summed E-state index contributed by atoms with van der Waals surface area (Å²) in [5, 5.41) is 11.0. The van der Waals surface area contributed by atoms with Crippen molar-refractivity contribution in [3.05, 3.63) is 60.2 Å². The average Bonchev–Trinajstić information content (AvgIpc) is 3.60. The second kappa shape index (κ2) is 8.58. The van der Waals surface area contributed by atoms with Crippen LogP contribution in [0.15, 0.2) is 53.7 Å². The van der Waals surface area contributed by atoms with E-state index in [-0.39, 0.29) is 23.4 Å². The lowest BCUT2D eigenvalue weighted by atomic mass is 10.1. The van der Waals surface area contributed by atoms with Crippen LogP contribution in [0.1, 0.15) is 12.0 Å². The minimum absolute atomic E-state index is 0.113. The van der Waals surface area contributed by atoms with Gasteiger partial charge in [-0.3, -0.25) is 5.10 Å². The molecule has 0 saturated carbocycles. The molecule has 11 heteroatoms. The van der Waals surface area contributed by atoms with Crippen LogP contribution in [0.5, 0.6) is 0 Å². The smallest absolute Gasteiger partial charge is 0.229 e. The van der Waals surface area contributed by atoms with Gasteiger partial charge in [0.15, 0.2) is 21.5 Å². The van der Waals surface area contributed by atoms with Crippen molar-refractivity contribution in [2.75, 3.05) is 35.7 Å². The van der Waals surface area contributed by atoms with Crippen molar-refractivity contribution in [1.82, 2.24) is 20.2 Å². The number of nitrogens with one attached hydrogen (secondary N) is 2. The number of rotatable bonds is 6. The van der Waals surface area contributed by atoms with Gasteiger partial charge in [-0.2, -0.15) is 10.1 Å². The number of halogens is 1. The third-order valence-corrected chi connectivity index (χ3v) is 8.29. The van der Waals surface area contributed by atoms with Crippen molar-refractivity contribution < 1.29 is 17.5 Å². The largest absolute Gasteiger partial charge is 0.381 e. The van der Waals surface area contributed by atoms with E-state index in [1.54, 1.807) is 24.4 Å². The van der Waals surface area contributed by atoms with Crippen LogP contribution in [-0.2, 0) is 21.0 Å². The molecule has 2 N–H and O–H groups in total. The summed E-state index contributed by atoms with van der Waals surface area (Å²) in [4.78, 5) is 10.8. The Kier molecular flexibility index (Phi) is 5.37. The fourth-order valence-electron chi connectivity index (χ4n) is 4.69. The molecule has 2 aliphatic rings. The SMILES string of the molecule is O=S1(=O)CCc2ccc(Nc3ncc(F)c(N(CC4CCOC4)c4cccc5[nH]ncc45)n3)cc21. The lowest BCUT2D eigenvalue weighted by Crippen LogP contribution is -2.27. The first kappa shape index (κ1) is 21.9. The van der Waals surface area contributed by atoms with Crippen molar-refractivity contribution in [2.24, 2.45) is 5.92 Å². The van der Waals surface area contributed by atoms with Crippen LogP contribution in [0.3, 0.4) is 0 Å². The Morgan fingerprint density at radius 1 is 1.23 bits per heavy atom. The normalized spacial score (nSPS) is 18.6. The number of anilines is 4. The van der Waals surface area contributed by atoms with E-state index in [9.17, 15) is 8.42 Å². The van der Waals surface area contributed by atoms with E-state index >= 15 is 4.39 Å². The molecule has 1 saturated heterocycles. The van der Waals surface area contributed by atoms with E-state index in [1.807, 2.05) is 23.1 Å². The van der Waals surface area contributed by atoms with Gasteiger partial charge in [0.05, 0.1) is 40.9 Å². The van der Waals surface area contributed by atoms with E-state index in [0.29, 0.717) is 36.8 Å². The van der Waals surface area contributed by atoms with Gasteiger partial charge in [0.2, 0.25) is 5.95 Å². The Morgan fingerprint density at radius 3 is 3.00 bits per heavy atom. The molecule has 0 radical (unpaired) electrons. The van der Waals surface area contributed by atoms with Gasteiger partial charge in [0, 0.05) is 30.1 Å². The number of aromatic nitrogens is 4. The van der Waals surface area contributed by atoms with Gasteiger partial charge in [-0.05, 0) is 42.7 Å². The van der Waals surface area contributed by atoms with E-state index < -0.39 is 15.7 Å². The molecule has 1 atom stereocenters. The zero-order chi connectivity index (χ0) is 24.0. The maximum absolute atomic E-state index is 15.2. The molecule has 9 nitrogen and oxygen atoms in total. The highest BCUT2D eigenvalue weighted by Crippen LogP contribution is 2.35. The summed E-state index contributed by atoms with van der Waals surface area (Å²) in [6.07, 6.45) is 4.22. The van der Waals surface area contributed by atoms with Gasteiger partial charge in [-0.25, -0.2) is 17.8 Å². The molecule has 2 aliphatic heterocycles. The lowest BCUT2D eigenvalue weighted by molar-refractivity contribution is 0.187. The van der Waals surface area contributed by atoms with Gasteiger partial charge in [0.1, 0.15) is 0 Å². The first-order valence-electron chi connectivity index (χ1n) is 11.4. The van der Waals surface area contributed by atoms with Gasteiger partial charge >= 0.3 is 0 Å². The number of H-pyrrole nitrogens is 1. The fourth-order valence-corrected chi connectivity index (χ4v) is 6.28. The maximum Gasteiger partial charge on any atom is 0.229 e. The Hall–Kier alpha value is -3.57. The molecule has 4 heterocycles. The summed E-state index contributed by atoms with van der Waals surface area (Å²) in [6.45, 7) is 1.78. The first-order valence-corrected chi connectivity index (χ1v) is 13.1. The highest BCUT2D eigenvalue weighted by Gasteiger charge is 2.27. The molecular formula is C24H23FN6O3S. The van der Waals surface area contributed by atoms with Crippen LogP contribution in [-0.4, -0.2) is 54.1 Å². The zero-order valence-corrected chi connectivity index (χ0v) is 19.6. The number of fused-ring (bicyclic) bond motifs is 2. The predicted octanol–water partition coefficient (Wildman–Crippen LogP) is 3.74. The van der Waals surface area contributed by atoms with E-state index in [4.69, 9.17) is 4.74 Å². The molecule has 2 aromatic carbocycles. The molecule has 1 fully saturated rings. The molecule has 6 rings (SSSR count). The maximum atomic E-state index is 15.2. The Morgan fingerprint density at radius 2 is 2.14 bits per heavy atom. The third kappa shape index (κ3) is 4.10. The fraction of sp³-hybridized carbons (Fsp3) is 0.292. The Balaban J connectivity index is 1.39. The molecule has 1 unspecified atom stereocenters. The number of aromatic amines is 1. The Bertz CT molecular complexity index is 1520. The minimum atomic E-state index is -3.28. The van der Waals surface area contributed by atoms with Crippen LogP contribution in [0.4, 0.5) is 27.5 Å². The first-order chi connectivity index (χ1) is 17.0. The molecule has 2 aromatic heterocycles. The number of benzene rings is 2. The Labute approximate surface area is 201 Å². The summed E-state index contributed by atoms with van der Waals surface area (Å²) in [5.41, 5.74) is 2.94. The highest BCUT2D eigenvalue weighted by molar-refractivity contribution is 7.91. The van der Waals surface area contributed by atoms with Crippen molar-refractivity contribution in [3.63, 3.8) is 0 Å². The topological polar surface area (TPSA) is 113 Å². The molecule has 180 valence electrons. The number of hydrogen-bond acceptors (Lipinski definition) is 8. The number of aryl methyl sites for hydroxylation is 1. The van der Waals surface area contributed by atoms with Gasteiger partial charge in [-0.15, -0.1) is 0 Å². The number of nitrogens with zero attached hydrogens (tertiary/aromatic N) is 4. The lowest BCUT2D eigenvalue weighted by Gasteiger charge is -2.27. The number of ether oxygens (including phenoxy) is 1. The summed E-state index contributed by atoms with van der Waals surface area (Å²) >= 11 is 0. The molecule has 0 amide bonds. The van der Waals surface area contributed by atoms with Crippen molar-refractivity contribution in [2.45, 2.75) is 17.7 Å². The van der Waals surface area contributed by atoms with Crippen LogP contribution >= 0.6 is 0 Å². The van der Waals surface area contributed by atoms with Crippen LogP contribution < -0.4 is 10.2 Å². The summed E-state index contributed by atoms with van der Waals surface area (Å²) in [7, 11) is -3.28. The van der Waals surface area contributed by atoms with Crippen molar-refractivity contribution in [3.8, 4) is 0 Å².